The molecule has 0 aliphatic rings. The Kier molecular flexibility index (Phi) is 4.56. The number of nitrogens with one attached hydrogen (secondary N) is 1. The highest BCUT2D eigenvalue weighted by molar-refractivity contribution is 5.75. The van der Waals surface area contributed by atoms with E-state index in [1.807, 2.05) is 61.5 Å². The highest BCUT2D eigenvalue weighted by atomic mass is 16.5. The van der Waals surface area contributed by atoms with E-state index in [4.69, 9.17) is 4.74 Å². The number of para-hydroxylation sites is 1. The molecule has 0 aliphatic heterocycles. The summed E-state index contributed by atoms with van der Waals surface area (Å²) in [6, 6.07) is 17.4. The number of amides is 1. The van der Waals surface area contributed by atoms with Crippen LogP contribution < -0.4 is 10.1 Å². The van der Waals surface area contributed by atoms with Gasteiger partial charge in [0.2, 0.25) is 5.91 Å². The van der Waals surface area contributed by atoms with Gasteiger partial charge in [-0.1, -0.05) is 37.3 Å². The molecule has 0 saturated carbocycles. The predicted molar refractivity (Wildman–Crippen MR) is 75.1 cm³/mol. The van der Waals surface area contributed by atoms with Gasteiger partial charge in [-0.05, 0) is 29.8 Å². The summed E-state index contributed by atoms with van der Waals surface area (Å²) in [6.07, 6.45) is 0.509. The first-order valence-electron chi connectivity index (χ1n) is 6.36. The third kappa shape index (κ3) is 4.14. The quantitative estimate of drug-likeness (QED) is 0.888. The van der Waals surface area contributed by atoms with Crippen LogP contribution in [0.3, 0.4) is 0 Å². The normalized spacial score (nSPS) is 9.95. The number of ether oxygens (including phenoxy) is 1. The van der Waals surface area contributed by atoms with Crippen LogP contribution in [0.25, 0.3) is 0 Å². The van der Waals surface area contributed by atoms with Crippen molar-refractivity contribution in [3.63, 3.8) is 0 Å². The molecule has 0 atom stereocenters. The molecule has 1 amide bonds. The zero-order chi connectivity index (χ0) is 13.5. The number of carbonyl (C=O) groups excluding carboxylic acids is 1. The first-order chi connectivity index (χ1) is 9.28. The molecule has 0 bridgehead atoms. The highest BCUT2D eigenvalue weighted by Crippen LogP contribution is 2.20. The molecule has 3 nitrogen and oxygen atoms in total. The van der Waals surface area contributed by atoms with Gasteiger partial charge in [-0.2, -0.15) is 0 Å². The second-order valence-corrected chi connectivity index (χ2v) is 4.19. The van der Waals surface area contributed by atoms with Crippen molar-refractivity contribution in [2.45, 2.75) is 19.9 Å². The number of carbonyl (C=O) groups is 1. The van der Waals surface area contributed by atoms with Crippen molar-refractivity contribution in [1.29, 1.82) is 0 Å². The Labute approximate surface area is 113 Å². The van der Waals surface area contributed by atoms with E-state index in [2.05, 4.69) is 5.32 Å². The van der Waals surface area contributed by atoms with Gasteiger partial charge in [-0.3, -0.25) is 4.79 Å². The van der Waals surface area contributed by atoms with Crippen LogP contribution in [0.2, 0.25) is 0 Å². The standard InChI is InChI=1S/C16H17NO2/c1-2-16(18)17-12-13-8-10-15(11-9-13)19-14-6-4-3-5-7-14/h3-11H,2,12H2,1H3,(H,17,18). The molecule has 0 radical (unpaired) electrons. The summed E-state index contributed by atoms with van der Waals surface area (Å²) in [5, 5.41) is 2.84. The summed E-state index contributed by atoms with van der Waals surface area (Å²) in [5.41, 5.74) is 1.06. The van der Waals surface area contributed by atoms with E-state index in [9.17, 15) is 4.79 Å². The molecular formula is C16H17NO2. The van der Waals surface area contributed by atoms with Gasteiger partial charge in [0.1, 0.15) is 11.5 Å². The van der Waals surface area contributed by atoms with E-state index < -0.39 is 0 Å². The van der Waals surface area contributed by atoms with Crippen molar-refractivity contribution in [2.24, 2.45) is 0 Å². The van der Waals surface area contributed by atoms with Crippen molar-refractivity contribution in [2.75, 3.05) is 0 Å². The molecule has 0 aromatic heterocycles. The Morgan fingerprint density at radius 2 is 1.63 bits per heavy atom. The molecule has 2 aromatic rings. The van der Waals surface area contributed by atoms with Gasteiger partial charge in [0, 0.05) is 13.0 Å². The van der Waals surface area contributed by atoms with E-state index in [-0.39, 0.29) is 5.91 Å². The van der Waals surface area contributed by atoms with Crippen LogP contribution in [-0.2, 0) is 11.3 Å². The lowest BCUT2D eigenvalue weighted by Gasteiger charge is -2.07. The Hall–Kier alpha value is -2.29. The monoisotopic (exact) mass is 255 g/mol. The lowest BCUT2D eigenvalue weighted by atomic mass is 10.2. The fourth-order valence-electron chi connectivity index (χ4n) is 1.63. The van der Waals surface area contributed by atoms with Gasteiger partial charge in [0.05, 0.1) is 0 Å². The van der Waals surface area contributed by atoms with Crippen molar-refractivity contribution in [3.05, 3.63) is 60.2 Å². The Morgan fingerprint density at radius 3 is 2.26 bits per heavy atom. The average Bonchev–Trinajstić information content (AvgIpc) is 2.47. The maximum absolute atomic E-state index is 11.2. The van der Waals surface area contributed by atoms with Crippen molar-refractivity contribution < 1.29 is 9.53 Å². The minimum Gasteiger partial charge on any atom is -0.457 e. The maximum Gasteiger partial charge on any atom is 0.219 e. The SMILES string of the molecule is CCC(=O)NCc1ccc(Oc2ccccc2)cc1. The topological polar surface area (TPSA) is 38.3 Å². The summed E-state index contributed by atoms with van der Waals surface area (Å²) >= 11 is 0. The second kappa shape index (κ2) is 6.59. The van der Waals surface area contributed by atoms with Gasteiger partial charge in [-0.25, -0.2) is 0 Å². The number of hydrogen-bond donors (Lipinski definition) is 1. The summed E-state index contributed by atoms with van der Waals surface area (Å²) in [7, 11) is 0. The Balaban J connectivity index is 1.93. The Bertz CT molecular complexity index is 520. The maximum atomic E-state index is 11.2. The molecule has 0 fully saturated rings. The van der Waals surface area contributed by atoms with Crippen LogP contribution in [0, 0.1) is 0 Å². The molecule has 3 heteroatoms. The Morgan fingerprint density at radius 1 is 1.00 bits per heavy atom. The minimum absolute atomic E-state index is 0.0598. The lowest BCUT2D eigenvalue weighted by Crippen LogP contribution is -2.21. The smallest absolute Gasteiger partial charge is 0.219 e. The lowest BCUT2D eigenvalue weighted by molar-refractivity contribution is -0.120. The van der Waals surface area contributed by atoms with E-state index in [0.717, 1.165) is 17.1 Å². The van der Waals surface area contributed by atoms with Crippen molar-refractivity contribution in [3.8, 4) is 11.5 Å². The van der Waals surface area contributed by atoms with Crippen molar-refractivity contribution >= 4 is 5.91 Å². The van der Waals surface area contributed by atoms with E-state index in [0.29, 0.717) is 13.0 Å². The predicted octanol–water partition coefficient (Wildman–Crippen LogP) is 3.51. The minimum atomic E-state index is 0.0598. The van der Waals surface area contributed by atoms with Crippen LogP contribution in [0.1, 0.15) is 18.9 Å². The van der Waals surface area contributed by atoms with Gasteiger partial charge in [-0.15, -0.1) is 0 Å². The van der Waals surface area contributed by atoms with Crippen molar-refractivity contribution in [1.82, 2.24) is 5.32 Å². The fourth-order valence-corrected chi connectivity index (χ4v) is 1.63. The number of hydrogen-bond acceptors (Lipinski definition) is 2. The van der Waals surface area contributed by atoms with Gasteiger partial charge in [0.15, 0.2) is 0 Å². The van der Waals surface area contributed by atoms with Gasteiger partial charge < -0.3 is 10.1 Å². The summed E-state index contributed by atoms with van der Waals surface area (Å²) in [4.78, 5) is 11.2. The van der Waals surface area contributed by atoms with Crippen LogP contribution in [0.4, 0.5) is 0 Å². The summed E-state index contributed by atoms with van der Waals surface area (Å²) in [5.74, 6) is 1.66. The molecular weight excluding hydrogens is 238 g/mol. The van der Waals surface area contributed by atoms with E-state index >= 15 is 0 Å². The van der Waals surface area contributed by atoms with Gasteiger partial charge in [0.25, 0.3) is 0 Å². The third-order valence-corrected chi connectivity index (χ3v) is 2.71. The first kappa shape index (κ1) is 13.1. The zero-order valence-electron chi connectivity index (χ0n) is 10.9. The molecule has 1 N–H and O–H groups in total. The summed E-state index contributed by atoms with van der Waals surface area (Å²) < 4.78 is 5.69. The van der Waals surface area contributed by atoms with Crippen LogP contribution >= 0.6 is 0 Å². The van der Waals surface area contributed by atoms with Crippen LogP contribution in [0.5, 0.6) is 11.5 Å². The van der Waals surface area contributed by atoms with Crippen LogP contribution in [0.15, 0.2) is 54.6 Å². The highest BCUT2D eigenvalue weighted by Gasteiger charge is 1.99. The van der Waals surface area contributed by atoms with E-state index in [1.165, 1.54) is 0 Å². The number of benzene rings is 2. The van der Waals surface area contributed by atoms with E-state index in [1.54, 1.807) is 0 Å². The molecule has 0 unspecified atom stereocenters. The molecule has 0 spiro atoms. The first-order valence-corrected chi connectivity index (χ1v) is 6.36. The second-order valence-electron chi connectivity index (χ2n) is 4.19. The molecule has 0 saturated heterocycles. The fraction of sp³-hybridized carbons (Fsp3) is 0.188. The molecule has 19 heavy (non-hydrogen) atoms. The molecule has 2 rings (SSSR count). The third-order valence-electron chi connectivity index (χ3n) is 2.71. The number of rotatable bonds is 5. The zero-order valence-corrected chi connectivity index (χ0v) is 10.9. The summed E-state index contributed by atoms with van der Waals surface area (Å²) in [6.45, 7) is 2.39. The molecule has 2 aromatic carbocycles. The van der Waals surface area contributed by atoms with Crippen LogP contribution in [-0.4, -0.2) is 5.91 Å². The molecule has 0 aliphatic carbocycles. The average molecular weight is 255 g/mol. The largest absolute Gasteiger partial charge is 0.457 e. The molecule has 0 heterocycles. The van der Waals surface area contributed by atoms with Gasteiger partial charge >= 0.3 is 0 Å². The molecule has 98 valence electrons.